The topological polar surface area (TPSA) is 56.8 Å². The van der Waals surface area contributed by atoms with Crippen molar-refractivity contribution in [3.63, 3.8) is 0 Å². The van der Waals surface area contributed by atoms with E-state index in [0.717, 1.165) is 22.9 Å². The van der Waals surface area contributed by atoms with E-state index >= 15 is 0 Å². The summed E-state index contributed by atoms with van der Waals surface area (Å²) in [6, 6.07) is 16.7. The van der Waals surface area contributed by atoms with Gasteiger partial charge in [0.25, 0.3) is 5.91 Å². The van der Waals surface area contributed by atoms with Gasteiger partial charge in [-0.3, -0.25) is 4.79 Å². The second-order valence-electron chi connectivity index (χ2n) is 6.03. The maximum absolute atomic E-state index is 12.8. The number of rotatable bonds is 3. The molecule has 0 saturated carbocycles. The van der Waals surface area contributed by atoms with E-state index in [9.17, 15) is 4.79 Å². The zero-order valence-corrected chi connectivity index (χ0v) is 14.5. The monoisotopic (exact) mass is 349 g/mol. The fraction of sp³-hybridized carbons (Fsp3) is 0.190. The van der Waals surface area contributed by atoms with Gasteiger partial charge in [-0.05, 0) is 29.7 Å². The predicted octanol–water partition coefficient (Wildman–Crippen LogP) is 4.26. The minimum Gasteiger partial charge on any atom is -0.496 e. The van der Waals surface area contributed by atoms with Crippen molar-refractivity contribution >= 4 is 22.4 Å². The third kappa shape index (κ3) is 3.04. The van der Waals surface area contributed by atoms with Crippen LogP contribution >= 0.6 is 0 Å². The number of hydrogen-bond acceptors (Lipinski definition) is 4. The standard InChI is InChI=1S/C21H19NO4/c1-24-18-10-8-17(15-5-2-3-6-16(15)18)21(23)22-14-7-9-19-20(13-14)26-12-4-11-25-19/h2-3,5-10,13H,4,11-12H2,1H3,(H,22,23). The fourth-order valence-corrected chi connectivity index (χ4v) is 3.09. The normalized spacial score (nSPS) is 13.1. The molecule has 0 atom stereocenters. The van der Waals surface area contributed by atoms with Gasteiger partial charge in [0.2, 0.25) is 0 Å². The third-order valence-corrected chi connectivity index (χ3v) is 4.35. The van der Waals surface area contributed by atoms with E-state index in [1.165, 1.54) is 0 Å². The molecule has 5 nitrogen and oxygen atoms in total. The van der Waals surface area contributed by atoms with Gasteiger partial charge in [0.05, 0.1) is 20.3 Å². The molecule has 5 heteroatoms. The molecule has 0 aliphatic carbocycles. The van der Waals surface area contributed by atoms with Crippen LogP contribution in [0, 0.1) is 0 Å². The molecule has 0 radical (unpaired) electrons. The van der Waals surface area contributed by atoms with Crippen molar-refractivity contribution in [1.82, 2.24) is 0 Å². The Morgan fingerprint density at radius 3 is 2.54 bits per heavy atom. The molecule has 1 N–H and O–H groups in total. The van der Waals surface area contributed by atoms with Gasteiger partial charge in [-0.25, -0.2) is 0 Å². The van der Waals surface area contributed by atoms with Crippen LogP contribution in [0.3, 0.4) is 0 Å². The van der Waals surface area contributed by atoms with Crippen LogP contribution in [0.5, 0.6) is 17.2 Å². The van der Waals surface area contributed by atoms with Crippen molar-refractivity contribution < 1.29 is 19.0 Å². The van der Waals surface area contributed by atoms with E-state index in [-0.39, 0.29) is 5.91 Å². The first-order valence-corrected chi connectivity index (χ1v) is 8.53. The Hall–Kier alpha value is -3.21. The minimum atomic E-state index is -0.182. The van der Waals surface area contributed by atoms with Crippen molar-refractivity contribution in [1.29, 1.82) is 0 Å². The van der Waals surface area contributed by atoms with Crippen LogP contribution in [0.1, 0.15) is 16.8 Å². The lowest BCUT2D eigenvalue weighted by atomic mass is 10.0. The van der Waals surface area contributed by atoms with E-state index in [1.807, 2.05) is 42.5 Å². The molecule has 0 unspecified atom stereocenters. The van der Waals surface area contributed by atoms with Gasteiger partial charge in [0.1, 0.15) is 5.75 Å². The molecule has 1 amide bonds. The molecule has 4 rings (SSSR count). The Kier molecular flexibility index (Phi) is 4.35. The Morgan fingerprint density at radius 1 is 0.962 bits per heavy atom. The SMILES string of the molecule is COc1ccc(C(=O)Nc2ccc3c(c2)OCCCO3)c2ccccc12. The van der Waals surface area contributed by atoms with Crippen molar-refractivity contribution in [3.8, 4) is 17.2 Å². The summed E-state index contributed by atoms with van der Waals surface area (Å²) in [5, 5.41) is 4.69. The summed E-state index contributed by atoms with van der Waals surface area (Å²) >= 11 is 0. The number of benzene rings is 3. The second kappa shape index (κ2) is 6.96. The summed E-state index contributed by atoms with van der Waals surface area (Å²) in [7, 11) is 1.62. The molecule has 0 spiro atoms. The summed E-state index contributed by atoms with van der Waals surface area (Å²) in [4.78, 5) is 12.8. The number of carbonyl (C=O) groups is 1. The highest BCUT2D eigenvalue weighted by Gasteiger charge is 2.15. The molecule has 1 aliphatic heterocycles. The second-order valence-corrected chi connectivity index (χ2v) is 6.03. The molecule has 26 heavy (non-hydrogen) atoms. The third-order valence-electron chi connectivity index (χ3n) is 4.35. The molecule has 1 aliphatic rings. The van der Waals surface area contributed by atoms with Gasteiger partial charge in [0, 0.05) is 29.1 Å². The van der Waals surface area contributed by atoms with Gasteiger partial charge < -0.3 is 19.5 Å². The van der Waals surface area contributed by atoms with Crippen LogP contribution < -0.4 is 19.5 Å². The molecule has 0 saturated heterocycles. The summed E-state index contributed by atoms with van der Waals surface area (Å²) < 4.78 is 16.7. The average molecular weight is 349 g/mol. The van der Waals surface area contributed by atoms with Crippen LogP contribution in [0.2, 0.25) is 0 Å². The van der Waals surface area contributed by atoms with Crippen LogP contribution in [-0.2, 0) is 0 Å². The number of ether oxygens (including phenoxy) is 3. The van der Waals surface area contributed by atoms with E-state index in [0.29, 0.717) is 36.0 Å². The summed E-state index contributed by atoms with van der Waals surface area (Å²) in [6.45, 7) is 1.24. The average Bonchev–Trinajstić information content (AvgIpc) is 2.92. The summed E-state index contributed by atoms with van der Waals surface area (Å²) in [6.07, 6.45) is 0.841. The summed E-state index contributed by atoms with van der Waals surface area (Å²) in [5.41, 5.74) is 1.26. The van der Waals surface area contributed by atoms with E-state index in [1.54, 1.807) is 19.2 Å². The predicted molar refractivity (Wildman–Crippen MR) is 101 cm³/mol. The number of methoxy groups -OCH3 is 1. The molecule has 0 aromatic heterocycles. The first-order valence-electron chi connectivity index (χ1n) is 8.53. The highest BCUT2D eigenvalue weighted by atomic mass is 16.5. The number of amides is 1. The van der Waals surface area contributed by atoms with Crippen molar-refractivity contribution in [2.75, 3.05) is 25.6 Å². The maximum Gasteiger partial charge on any atom is 0.256 e. The number of anilines is 1. The number of nitrogens with one attached hydrogen (secondary N) is 1. The van der Waals surface area contributed by atoms with E-state index in [2.05, 4.69) is 5.32 Å². The molecular weight excluding hydrogens is 330 g/mol. The van der Waals surface area contributed by atoms with Crippen LogP contribution in [0.15, 0.2) is 54.6 Å². The van der Waals surface area contributed by atoms with Crippen molar-refractivity contribution in [3.05, 3.63) is 60.2 Å². The zero-order valence-electron chi connectivity index (χ0n) is 14.5. The fourth-order valence-electron chi connectivity index (χ4n) is 3.09. The van der Waals surface area contributed by atoms with Crippen LogP contribution in [0.25, 0.3) is 10.8 Å². The van der Waals surface area contributed by atoms with Crippen molar-refractivity contribution in [2.24, 2.45) is 0 Å². The largest absolute Gasteiger partial charge is 0.496 e. The minimum absolute atomic E-state index is 0.182. The Labute approximate surface area is 151 Å². The lowest BCUT2D eigenvalue weighted by Crippen LogP contribution is -2.12. The molecule has 3 aromatic carbocycles. The van der Waals surface area contributed by atoms with Gasteiger partial charge in [0.15, 0.2) is 11.5 Å². The first kappa shape index (κ1) is 16.3. The highest BCUT2D eigenvalue weighted by molar-refractivity contribution is 6.14. The lowest BCUT2D eigenvalue weighted by Gasteiger charge is -2.12. The van der Waals surface area contributed by atoms with E-state index < -0.39 is 0 Å². The lowest BCUT2D eigenvalue weighted by molar-refractivity contribution is 0.102. The zero-order chi connectivity index (χ0) is 17.9. The van der Waals surface area contributed by atoms with Crippen LogP contribution in [-0.4, -0.2) is 26.2 Å². The Balaban J connectivity index is 1.65. The first-order chi connectivity index (χ1) is 12.8. The molecular formula is C21H19NO4. The molecule has 132 valence electrons. The Morgan fingerprint density at radius 2 is 1.73 bits per heavy atom. The quantitative estimate of drug-likeness (QED) is 0.767. The van der Waals surface area contributed by atoms with Gasteiger partial charge in [-0.2, -0.15) is 0 Å². The molecule has 3 aromatic rings. The molecule has 0 fully saturated rings. The maximum atomic E-state index is 12.8. The summed E-state index contributed by atoms with van der Waals surface area (Å²) in [5.74, 6) is 1.92. The smallest absolute Gasteiger partial charge is 0.256 e. The Bertz CT molecular complexity index is 967. The van der Waals surface area contributed by atoms with Crippen molar-refractivity contribution in [2.45, 2.75) is 6.42 Å². The number of fused-ring (bicyclic) bond motifs is 2. The van der Waals surface area contributed by atoms with E-state index in [4.69, 9.17) is 14.2 Å². The van der Waals surface area contributed by atoms with Gasteiger partial charge in [-0.1, -0.05) is 24.3 Å². The molecule has 0 bridgehead atoms. The van der Waals surface area contributed by atoms with Crippen LogP contribution in [0.4, 0.5) is 5.69 Å². The van der Waals surface area contributed by atoms with Gasteiger partial charge in [-0.15, -0.1) is 0 Å². The molecule has 1 heterocycles. The highest BCUT2D eigenvalue weighted by Crippen LogP contribution is 2.33. The number of hydrogen-bond donors (Lipinski definition) is 1. The van der Waals surface area contributed by atoms with Gasteiger partial charge >= 0.3 is 0 Å². The number of carbonyl (C=O) groups excluding carboxylic acids is 1.